The Bertz CT molecular complexity index is 970. The fourth-order valence-corrected chi connectivity index (χ4v) is 3.77. The lowest BCUT2D eigenvalue weighted by molar-refractivity contribution is -0.127. The smallest absolute Gasteiger partial charge is 0.247 e. The van der Waals surface area contributed by atoms with Gasteiger partial charge in [0.15, 0.2) is 0 Å². The van der Waals surface area contributed by atoms with Gasteiger partial charge in [-0.1, -0.05) is 92.7 Å². The number of hydrogen-bond donors (Lipinski definition) is 2. The van der Waals surface area contributed by atoms with Crippen molar-refractivity contribution in [2.24, 2.45) is 5.92 Å². The lowest BCUT2D eigenvalue weighted by atomic mass is 9.89. The topological polar surface area (TPSA) is 58.2 Å². The predicted octanol–water partition coefficient (Wildman–Crippen LogP) is 5.21. The molecule has 160 valence electrons. The Morgan fingerprint density at radius 3 is 1.61 bits per heavy atom. The second-order valence-corrected chi connectivity index (χ2v) is 8.24. The van der Waals surface area contributed by atoms with Crippen LogP contribution in [0.4, 0.5) is 5.69 Å². The number of hydrogen-bond acceptors (Lipinski definition) is 2. The molecule has 31 heavy (non-hydrogen) atoms. The number of para-hydroxylation sites is 1. The average molecular weight is 415 g/mol. The molecule has 2 N–H and O–H groups in total. The van der Waals surface area contributed by atoms with Crippen LogP contribution in [0.25, 0.3) is 0 Å². The van der Waals surface area contributed by atoms with Crippen molar-refractivity contribution in [2.45, 2.75) is 39.7 Å². The normalized spacial score (nSPS) is 11.9. The van der Waals surface area contributed by atoms with Crippen LogP contribution in [-0.2, 0) is 9.59 Å². The summed E-state index contributed by atoms with van der Waals surface area (Å²) in [5.41, 5.74) is 4.57. The first-order valence-electron chi connectivity index (χ1n) is 10.7. The van der Waals surface area contributed by atoms with Gasteiger partial charge in [0.2, 0.25) is 11.8 Å². The van der Waals surface area contributed by atoms with Crippen molar-refractivity contribution >= 4 is 17.5 Å². The van der Waals surface area contributed by atoms with Crippen molar-refractivity contribution in [1.29, 1.82) is 0 Å². The number of anilines is 1. The molecule has 0 saturated heterocycles. The fraction of sp³-hybridized carbons (Fsp3) is 0.259. The van der Waals surface area contributed by atoms with E-state index in [9.17, 15) is 9.59 Å². The Morgan fingerprint density at radius 2 is 1.16 bits per heavy atom. The number of carbonyl (C=O) groups excluding carboxylic acids is 2. The largest absolute Gasteiger partial charge is 0.343 e. The van der Waals surface area contributed by atoms with Crippen molar-refractivity contribution in [3.8, 4) is 0 Å². The van der Waals surface area contributed by atoms with E-state index in [0.29, 0.717) is 0 Å². The highest BCUT2D eigenvalue weighted by atomic mass is 16.2. The van der Waals surface area contributed by atoms with Crippen LogP contribution in [0.5, 0.6) is 0 Å². The summed E-state index contributed by atoms with van der Waals surface area (Å²) in [6.45, 7) is 7.81. The zero-order chi connectivity index (χ0) is 22.4. The van der Waals surface area contributed by atoms with E-state index in [-0.39, 0.29) is 17.7 Å². The number of amides is 2. The number of benzene rings is 3. The molecule has 3 aromatic carbocycles. The molecule has 0 aliphatic heterocycles. The van der Waals surface area contributed by atoms with Crippen LogP contribution >= 0.6 is 0 Å². The van der Waals surface area contributed by atoms with Gasteiger partial charge in [0.25, 0.3) is 0 Å². The summed E-state index contributed by atoms with van der Waals surface area (Å²) in [6, 6.07) is 24.6. The van der Waals surface area contributed by atoms with Crippen molar-refractivity contribution in [3.63, 3.8) is 0 Å². The minimum absolute atomic E-state index is 0.0690. The Labute approximate surface area is 184 Å². The molecule has 0 radical (unpaired) electrons. The van der Waals surface area contributed by atoms with Gasteiger partial charge in [-0.2, -0.15) is 0 Å². The molecule has 1 atom stereocenters. The van der Waals surface area contributed by atoms with Crippen molar-refractivity contribution < 1.29 is 9.59 Å². The monoisotopic (exact) mass is 414 g/mol. The number of nitrogens with one attached hydrogen (secondary N) is 2. The first-order chi connectivity index (χ1) is 14.9. The van der Waals surface area contributed by atoms with E-state index < -0.39 is 12.0 Å². The molecule has 0 aliphatic rings. The average Bonchev–Trinajstić information content (AvgIpc) is 2.76. The van der Waals surface area contributed by atoms with E-state index in [1.165, 1.54) is 0 Å². The number of aryl methyl sites for hydroxylation is 2. The second-order valence-electron chi connectivity index (χ2n) is 8.24. The van der Waals surface area contributed by atoms with Gasteiger partial charge in [-0.25, -0.2) is 0 Å². The van der Waals surface area contributed by atoms with Crippen molar-refractivity contribution in [2.75, 3.05) is 5.32 Å². The zero-order valence-corrected chi connectivity index (χ0v) is 18.6. The molecule has 0 saturated carbocycles. The Kier molecular flexibility index (Phi) is 7.24. The summed E-state index contributed by atoms with van der Waals surface area (Å²) < 4.78 is 0. The third kappa shape index (κ3) is 5.40. The molecular weight excluding hydrogens is 384 g/mol. The van der Waals surface area contributed by atoms with E-state index in [1.54, 1.807) is 0 Å². The third-order valence-electron chi connectivity index (χ3n) is 5.50. The maximum Gasteiger partial charge on any atom is 0.247 e. The molecule has 0 heterocycles. The van der Waals surface area contributed by atoms with Crippen LogP contribution in [0.2, 0.25) is 0 Å². The molecule has 0 unspecified atom stereocenters. The van der Waals surface area contributed by atoms with Crippen LogP contribution in [0.15, 0.2) is 78.9 Å². The zero-order valence-electron chi connectivity index (χ0n) is 18.6. The molecule has 0 aromatic heterocycles. The standard InChI is InChI=1S/C27H30N2O2/c1-18(2)24(27(31)29-25-19(3)12-11-13-20(25)4)28-26(30)23(21-14-7-5-8-15-21)22-16-9-6-10-17-22/h5-18,23-24H,1-4H3,(H,28,30)(H,29,31)/t24-/m0/s1. The summed E-state index contributed by atoms with van der Waals surface area (Å²) in [5.74, 6) is -0.953. The minimum Gasteiger partial charge on any atom is -0.343 e. The summed E-state index contributed by atoms with van der Waals surface area (Å²) in [4.78, 5) is 26.6. The van der Waals surface area contributed by atoms with Crippen LogP contribution in [0.3, 0.4) is 0 Å². The van der Waals surface area contributed by atoms with Crippen LogP contribution < -0.4 is 10.6 Å². The highest BCUT2D eigenvalue weighted by Crippen LogP contribution is 2.26. The Balaban J connectivity index is 1.86. The minimum atomic E-state index is -0.651. The predicted molar refractivity (Wildman–Crippen MR) is 126 cm³/mol. The van der Waals surface area contributed by atoms with Gasteiger partial charge in [-0.05, 0) is 42.0 Å². The molecule has 0 fully saturated rings. The van der Waals surface area contributed by atoms with Gasteiger partial charge in [0.05, 0.1) is 5.92 Å². The Hall–Kier alpha value is -3.40. The van der Waals surface area contributed by atoms with E-state index in [1.807, 2.05) is 107 Å². The summed E-state index contributed by atoms with van der Waals surface area (Å²) >= 11 is 0. The first-order valence-corrected chi connectivity index (χ1v) is 10.7. The van der Waals surface area contributed by atoms with Gasteiger partial charge in [-0.3, -0.25) is 9.59 Å². The van der Waals surface area contributed by atoms with Gasteiger partial charge in [-0.15, -0.1) is 0 Å². The number of rotatable bonds is 7. The highest BCUT2D eigenvalue weighted by molar-refractivity contribution is 5.99. The molecular formula is C27H30N2O2. The van der Waals surface area contributed by atoms with E-state index in [2.05, 4.69) is 10.6 Å². The van der Waals surface area contributed by atoms with Crippen molar-refractivity contribution in [1.82, 2.24) is 5.32 Å². The van der Waals surface area contributed by atoms with E-state index >= 15 is 0 Å². The highest BCUT2D eigenvalue weighted by Gasteiger charge is 2.30. The van der Waals surface area contributed by atoms with Gasteiger partial charge < -0.3 is 10.6 Å². The van der Waals surface area contributed by atoms with Gasteiger partial charge >= 0.3 is 0 Å². The molecule has 4 nitrogen and oxygen atoms in total. The molecule has 2 amide bonds. The van der Waals surface area contributed by atoms with E-state index in [4.69, 9.17) is 0 Å². The quantitative estimate of drug-likeness (QED) is 0.557. The van der Waals surface area contributed by atoms with Crippen LogP contribution in [0.1, 0.15) is 42.0 Å². The lowest BCUT2D eigenvalue weighted by Gasteiger charge is -2.26. The van der Waals surface area contributed by atoms with Crippen LogP contribution in [0, 0.1) is 19.8 Å². The maximum absolute atomic E-state index is 13.5. The molecule has 4 heteroatoms. The van der Waals surface area contributed by atoms with Gasteiger partial charge in [0.1, 0.15) is 6.04 Å². The summed E-state index contributed by atoms with van der Waals surface area (Å²) in [6.07, 6.45) is 0. The first kappa shape index (κ1) is 22.3. The SMILES string of the molecule is Cc1cccc(C)c1NC(=O)[C@@H](NC(=O)C(c1ccccc1)c1ccccc1)C(C)C. The fourth-order valence-electron chi connectivity index (χ4n) is 3.77. The van der Waals surface area contributed by atoms with Crippen LogP contribution in [-0.4, -0.2) is 17.9 Å². The Morgan fingerprint density at radius 1 is 0.677 bits per heavy atom. The molecule has 0 aliphatic carbocycles. The summed E-state index contributed by atoms with van der Waals surface area (Å²) in [7, 11) is 0. The second kappa shape index (κ2) is 10.1. The molecule has 0 bridgehead atoms. The summed E-state index contributed by atoms with van der Waals surface area (Å²) in [5, 5.41) is 6.05. The maximum atomic E-state index is 13.5. The molecule has 3 rings (SSSR count). The van der Waals surface area contributed by atoms with Crippen molar-refractivity contribution in [3.05, 3.63) is 101 Å². The molecule has 0 spiro atoms. The number of carbonyl (C=O) groups is 2. The van der Waals surface area contributed by atoms with Gasteiger partial charge in [0, 0.05) is 5.69 Å². The third-order valence-corrected chi connectivity index (χ3v) is 5.50. The lowest BCUT2D eigenvalue weighted by Crippen LogP contribution is -2.48. The molecule has 3 aromatic rings. The van der Waals surface area contributed by atoms with E-state index in [0.717, 1.165) is 27.9 Å².